The lowest BCUT2D eigenvalue weighted by Gasteiger charge is -2.30. The lowest BCUT2D eigenvalue weighted by Crippen LogP contribution is -2.46. The van der Waals surface area contributed by atoms with Gasteiger partial charge in [0.25, 0.3) is 5.91 Å². The molecular formula is C19H17N3O3S. The lowest BCUT2D eigenvalue weighted by molar-refractivity contribution is -0.128. The van der Waals surface area contributed by atoms with Gasteiger partial charge in [0.15, 0.2) is 11.5 Å². The maximum atomic E-state index is 12.6. The van der Waals surface area contributed by atoms with Crippen molar-refractivity contribution in [3.05, 3.63) is 65.2 Å². The molecule has 0 spiro atoms. The molecule has 0 aliphatic carbocycles. The van der Waals surface area contributed by atoms with E-state index < -0.39 is 12.2 Å². The fraction of sp³-hybridized carbons (Fsp3) is 0.211. The Morgan fingerprint density at radius 3 is 2.50 bits per heavy atom. The van der Waals surface area contributed by atoms with E-state index in [1.54, 1.807) is 13.0 Å². The van der Waals surface area contributed by atoms with Crippen LogP contribution in [0.3, 0.4) is 0 Å². The first-order valence-corrected chi connectivity index (χ1v) is 9.10. The summed E-state index contributed by atoms with van der Waals surface area (Å²) in [6, 6.07) is 17.3. The van der Waals surface area contributed by atoms with Gasteiger partial charge in [0.1, 0.15) is 11.1 Å². The largest absolute Gasteiger partial charge is 0.482 e. The van der Waals surface area contributed by atoms with Crippen LogP contribution in [0, 0.1) is 0 Å². The van der Waals surface area contributed by atoms with E-state index in [2.05, 4.69) is 15.5 Å². The number of anilines is 1. The van der Waals surface area contributed by atoms with Gasteiger partial charge in [-0.25, -0.2) is 0 Å². The molecule has 1 N–H and O–H groups in total. The minimum Gasteiger partial charge on any atom is -0.482 e. The SMILES string of the molecule is C[C@@H]1Oc2ccccc2O[C@@H]1C(=O)Nc1nnc(Cc2ccccc2)s1. The molecule has 2 atom stereocenters. The van der Waals surface area contributed by atoms with Gasteiger partial charge in [-0.2, -0.15) is 0 Å². The number of carbonyl (C=O) groups excluding carboxylic acids is 1. The average Bonchev–Trinajstić information content (AvgIpc) is 3.08. The minimum absolute atomic E-state index is 0.297. The number of ether oxygens (including phenoxy) is 2. The van der Waals surface area contributed by atoms with Crippen LogP contribution < -0.4 is 14.8 Å². The van der Waals surface area contributed by atoms with Crippen molar-refractivity contribution >= 4 is 22.4 Å². The molecule has 2 aromatic carbocycles. The zero-order chi connectivity index (χ0) is 17.9. The van der Waals surface area contributed by atoms with E-state index >= 15 is 0 Å². The van der Waals surface area contributed by atoms with Crippen molar-refractivity contribution < 1.29 is 14.3 Å². The third-order valence-electron chi connectivity index (χ3n) is 4.00. The van der Waals surface area contributed by atoms with E-state index in [1.165, 1.54) is 11.3 Å². The highest BCUT2D eigenvalue weighted by molar-refractivity contribution is 7.15. The second-order valence-electron chi connectivity index (χ2n) is 5.96. The quantitative estimate of drug-likeness (QED) is 0.766. The number of nitrogens with zero attached hydrogens (tertiary/aromatic N) is 2. The van der Waals surface area contributed by atoms with Crippen molar-refractivity contribution in [1.82, 2.24) is 10.2 Å². The molecule has 4 rings (SSSR count). The van der Waals surface area contributed by atoms with Crippen molar-refractivity contribution in [3.8, 4) is 11.5 Å². The summed E-state index contributed by atoms with van der Waals surface area (Å²) in [7, 11) is 0. The zero-order valence-corrected chi connectivity index (χ0v) is 14.9. The number of amides is 1. The Bertz CT molecular complexity index is 913. The molecule has 26 heavy (non-hydrogen) atoms. The van der Waals surface area contributed by atoms with Crippen LogP contribution in [0.15, 0.2) is 54.6 Å². The van der Waals surface area contributed by atoms with Crippen molar-refractivity contribution in [2.45, 2.75) is 25.6 Å². The molecule has 3 aromatic rings. The number of hydrogen-bond donors (Lipinski definition) is 1. The third-order valence-corrected chi connectivity index (χ3v) is 4.83. The fourth-order valence-corrected chi connectivity index (χ4v) is 3.51. The van der Waals surface area contributed by atoms with Gasteiger partial charge in [0.05, 0.1) is 0 Å². The summed E-state index contributed by atoms with van der Waals surface area (Å²) < 4.78 is 11.6. The number of nitrogens with one attached hydrogen (secondary N) is 1. The Kier molecular flexibility index (Phi) is 4.53. The number of benzene rings is 2. The van der Waals surface area contributed by atoms with E-state index in [9.17, 15) is 4.79 Å². The highest BCUT2D eigenvalue weighted by atomic mass is 32.1. The van der Waals surface area contributed by atoms with Crippen LogP contribution in [0.25, 0.3) is 0 Å². The van der Waals surface area contributed by atoms with Gasteiger partial charge in [-0.1, -0.05) is 53.8 Å². The van der Waals surface area contributed by atoms with Crippen LogP contribution in [-0.2, 0) is 11.2 Å². The van der Waals surface area contributed by atoms with Gasteiger partial charge in [-0.3, -0.25) is 10.1 Å². The van der Waals surface area contributed by atoms with E-state index in [4.69, 9.17) is 9.47 Å². The molecule has 0 unspecified atom stereocenters. The Morgan fingerprint density at radius 2 is 1.73 bits per heavy atom. The molecule has 1 aliphatic heterocycles. The van der Waals surface area contributed by atoms with Crippen molar-refractivity contribution in [1.29, 1.82) is 0 Å². The van der Waals surface area contributed by atoms with Crippen LogP contribution >= 0.6 is 11.3 Å². The van der Waals surface area contributed by atoms with E-state index in [0.717, 1.165) is 10.6 Å². The highest BCUT2D eigenvalue weighted by Gasteiger charge is 2.34. The lowest BCUT2D eigenvalue weighted by atomic mass is 10.1. The second kappa shape index (κ2) is 7.13. The standard InChI is InChI=1S/C19H17N3O3S/c1-12-17(25-15-10-6-5-9-14(15)24-12)18(23)20-19-22-21-16(26-19)11-13-7-3-2-4-8-13/h2-10,12,17H,11H2,1H3,(H,20,22,23)/t12-,17-/m0/s1. The Hall–Kier alpha value is -2.93. The fourth-order valence-electron chi connectivity index (χ4n) is 2.73. The van der Waals surface area contributed by atoms with Crippen molar-refractivity contribution in [3.63, 3.8) is 0 Å². The predicted molar refractivity (Wildman–Crippen MR) is 98.7 cm³/mol. The first-order valence-electron chi connectivity index (χ1n) is 8.28. The summed E-state index contributed by atoms with van der Waals surface area (Å²) in [4.78, 5) is 12.6. The van der Waals surface area contributed by atoms with Gasteiger partial charge < -0.3 is 9.47 Å². The van der Waals surface area contributed by atoms with Gasteiger partial charge in [0.2, 0.25) is 11.2 Å². The van der Waals surface area contributed by atoms with Crippen LogP contribution in [0.2, 0.25) is 0 Å². The highest BCUT2D eigenvalue weighted by Crippen LogP contribution is 2.33. The van der Waals surface area contributed by atoms with Crippen LogP contribution in [0.4, 0.5) is 5.13 Å². The molecule has 1 aromatic heterocycles. The molecule has 0 saturated carbocycles. The molecule has 0 saturated heterocycles. The second-order valence-corrected chi connectivity index (χ2v) is 7.02. The molecule has 7 heteroatoms. The molecule has 6 nitrogen and oxygen atoms in total. The molecular weight excluding hydrogens is 350 g/mol. The predicted octanol–water partition coefficient (Wildman–Crippen LogP) is 3.30. The van der Waals surface area contributed by atoms with Crippen LogP contribution in [0.1, 0.15) is 17.5 Å². The summed E-state index contributed by atoms with van der Waals surface area (Å²) in [6.45, 7) is 1.81. The number of hydrogen-bond acceptors (Lipinski definition) is 6. The maximum Gasteiger partial charge on any atom is 0.271 e. The Labute approximate surface area is 154 Å². The van der Waals surface area contributed by atoms with Gasteiger partial charge in [0, 0.05) is 6.42 Å². The average molecular weight is 367 g/mol. The summed E-state index contributed by atoms with van der Waals surface area (Å²) >= 11 is 1.36. The van der Waals surface area contributed by atoms with Crippen LogP contribution in [-0.4, -0.2) is 28.3 Å². The van der Waals surface area contributed by atoms with Crippen molar-refractivity contribution in [2.75, 3.05) is 5.32 Å². The van der Waals surface area contributed by atoms with E-state index in [0.29, 0.717) is 23.1 Å². The monoisotopic (exact) mass is 367 g/mol. The molecule has 1 aliphatic rings. The van der Waals surface area contributed by atoms with Gasteiger partial charge in [-0.15, -0.1) is 10.2 Å². The number of carbonyl (C=O) groups is 1. The first-order chi connectivity index (χ1) is 12.7. The van der Waals surface area contributed by atoms with Crippen molar-refractivity contribution in [2.24, 2.45) is 0 Å². The smallest absolute Gasteiger partial charge is 0.271 e. The number of aromatic nitrogens is 2. The zero-order valence-electron chi connectivity index (χ0n) is 14.1. The van der Waals surface area contributed by atoms with E-state index in [-0.39, 0.29) is 5.91 Å². The summed E-state index contributed by atoms with van der Waals surface area (Å²) in [5.74, 6) is 0.910. The third kappa shape index (κ3) is 3.52. The van der Waals surface area contributed by atoms with E-state index in [1.807, 2.05) is 48.5 Å². The molecule has 0 fully saturated rings. The summed E-state index contributed by atoms with van der Waals surface area (Å²) in [6.07, 6.45) is -0.464. The summed E-state index contributed by atoms with van der Waals surface area (Å²) in [5, 5.41) is 12.3. The van der Waals surface area contributed by atoms with Crippen LogP contribution in [0.5, 0.6) is 11.5 Å². The first kappa shape index (κ1) is 16.5. The molecule has 0 radical (unpaired) electrons. The molecule has 2 heterocycles. The topological polar surface area (TPSA) is 73.3 Å². The maximum absolute atomic E-state index is 12.6. The number of fused-ring (bicyclic) bond motifs is 1. The Morgan fingerprint density at radius 1 is 1.04 bits per heavy atom. The Balaban J connectivity index is 1.42. The van der Waals surface area contributed by atoms with Gasteiger partial charge in [-0.05, 0) is 24.6 Å². The number of rotatable bonds is 4. The summed E-state index contributed by atoms with van der Waals surface area (Å²) in [5.41, 5.74) is 1.15. The van der Waals surface area contributed by atoms with Gasteiger partial charge >= 0.3 is 0 Å². The normalized spacial score (nSPS) is 18.3. The minimum atomic E-state index is -0.744. The number of para-hydroxylation sites is 2. The molecule has 132 valence electrons. The molecule has 1 amide bonds. The molecule has 0 bridgehead atoms.